The van der Waals surface area contributed by atoms with Crippen LogP contribution in [-0.2, 0) is 4.79 Å². The topological polar surface area (TPSA) is 69.8 Å². The van der Waals surface area contributed by atoms with Gasteiger partial charge >= 0.3 is 0 Å². The Kier molecular flexibility index (Phi) is 4.30. The Morgan fingerprint density at radius 2 is 2.30 bits per heavy atom. The van der Waals surface area contributed by atoms with Crippen LogP contribution in [0.2, 0.25) is 0 Å². The molecule has 3 rings (SSSR count). The Morgan fingerprint density at radius 3 is 3.05 bits per heavy atom. The number of anilines is 1. The van der Waals surface area contributed by atoms with Gasteiger partial charge in [-0.1, -0.05) is 0 Å². The molecule has 0 aliphatic carbocycles. The summed E-state index contributed by atoms with van der Waals surface area (Å²) in [5, 5.41) is 14.2. The molecule has 1 amide bonds. The second kappa shape index (κ2) is 5.81. The van der Waals surface area contributed by atoms with Crippen LogP contribution in [0.4, 0.5) is 5.69 Å². The number of nitrogens with one attached hydrogen (secondary N) is 3. The Bertz CT molecular complexity index is 604. The Morgan fingerprint density at radius 1 is 1.45 bits per heavy atom. The zero-order valence-electron chi connectivity index (χ0n) is 11.4. The standard InChI is InChI=1S/C14H18N4O.ClH/c1-14(5-2-6-15-9-14)13(19)17-11-3-4-12-10(7-11)8-16-18-12;/h3-4,7-8,15H,2,5-6,9H2,1H3,(H,16,18)(H,17,19);1H. The molecule has 5 nitrogen and oxygen atoms in total. The average molecular weight is 295 g/mol. The number of amides is 1. The maximum Gasteiger partial charge on any atom is 0.231 e. The maximum absolute atomic E-state index is 12.4. The van der Waals surface area contributed by atoms with Gasteiger partial charge in [0.2, 0.25) is 5.91 Å². The Labute approximate surface area is 123 Å². The smallest absolute Gasteiger partial charge is 0.231 e. The lowest BCUT2D eigenvalue weighted by molar-refractivity contribution is -0.125. The van der Waals surface area contributed by atoms with Gasteiger partial charge in [0, 0.05) is 17.6 Å². The van der Waals surface area contributed by atoms with Crippen molar-refractivity contribution in [3.8, 4) is 0 Å². The van der Waals surface area contributed by atoms with E-state index in [0.29, 0.717) is 0 Å². The zero-order valence-corrected chi connectivity index (χ0v) is 12.2. The molecular weight excluding hydrogens is 276 g/mol. The predicted octanol–water partition coefficient (Wildman–Crippen LogP) is 2.31. The van der Waals surface area contributed by atoms with Crippen molar-refractivity contribution >= 4 is 34.9 Å². The fraction of sp³-hybridized carbons (Fsp3) is 0.429. The van der Waals surface area contributed by atoms with Crippen LogP contribution in [0.25, 0.3) is 10.9 Å². The number of hydrogen-bond acceptors (Lipinski definition) is 3. The molecule has 1 aliphatic rings. The number of H-pyrrole nitrogens is 1. The summed E-state index contributed by atoms with van der Waals surface area (Å²) in [5.74, 6) is 0.0857. The number of piperidine rings is 1. The molecule has 0 saturated carbocycles. The van der Waals surface area contributed by atoms with Crippen molar-refractivity contribution in [1.29, 1.82) is 0 Å². The minimum atomic E-state index is -0.316. The highest BCUT2D eigenvalue weighted by Crippen LogP contribution is 2.27. The van der Waals surface area contributed by atoms with Gasteiger partial charge < -0.3 is 10.6 Å². The summed E-state index contributed by atoms with van der Waals surface area (Å²) >= 11 is 0. The first-order valence-electron chi connectivity index (χ1n) is 6.63. The summed E-state index contributed by atoms with van der Waals surface area (Å²) in [4.78, 5) is 12.4. The molecule has 2 heterocycles. The number of aromatic nitrogens is 2. The highest BCUT2D eigenvalue weighted by molar-refractivity contribution is 5.97. The van der Waals surface area contributed by atoms with Crippen molar-refractivity contribution < 1.29 is 4.79 Å². The van der Waals surface area contributed by atoms with Crippen LogP contribution in [0.1, 0.15) is 19.8 Å². The van der Waals surface area contributed by atoms with E-state index < -0.39 is 0 Å². The fourth-order valence-corrected chi connectivity index (χ4v) is 2.55. The molecule has 1 aromatic carbocycles. The number of hydrogen-bond donors (Lipinski definition) is 3. The molecule has 1 saturated heterocycles. The van der Waals surface area contributed by atoms with Gasteiger partial charge in [-0.15, -0.1) is 12.4 Å². The molecule has 1 aromatic heterocycles. The lowest BCUT2D eigenvalue weighted by Gasteiger charge is -2.32. The van der Waals surface area contributed by atoms with Crippen LogP contribution in [-0.4, -0.2) is 29.2 Å². The molecule has 6 heteroatoms. The van der Waals surface area contributed by atoms with Crippen LogP contribution >= 0.6 is 12.4 Å². The second-order valence-corrected chi connectivity index (χ2v) is 5.47. The minimum Gasteiger partial charge on any atom is -0.326 e. The highest BCUT2D eigenvalue weighted by atomic mass is 35.5. The van der Waals surface area contributed by atoms with E-state index in [1.54, 1.807) is 6.20 Å². The summed E-state index contributed by atoms with van der Waals surface area (Å²) < 4.78 is 0. The Hall–Kier alpha value is -1.59. The third-order valence-corrected chi connectivity index (χ3v) is 3.84. The summed E-state index contributed by atoms with van der Waals surface area (Å²) in [5.41, 5.74) is 1.48. The van der Waals surface area contributed by atoms with E-state index >= 15 is 0 Å². The van der Waals surface area contributed by atoms with Gasteiger partial charge in [0.1, 0.15) is 0 Å². The molecule has 1 fully saturated rings. The van der Waals surface area contributed by atoms with E-state index in [1.807, 2.05) is 25.1 Å². The van der Waals surface area contributed by atoms with Crippen molar-refractivity contribution in [3.05, 3.63) is 24.4 Å². The predicted molar refractivity (Wildman–Crippen MR) is 82.2 cm³/mol. The summed E-state index contributed by atoms with van der Waals surface area (Å²) in [7, 11) is 0. The number of aromatic amines is 1. The quantitative estimate of drug-likeness (QED) is 0.796. The number of carbonyl (C=O) groups is 1. The van der Waals surface area contributed by atoms with Gasteiger partial charge in [-0.25, -0.2) is 0 Å². The maximum atomic E-state index is 12.4. The first-order valence-corrected chi connectivity index (χ1v) is 6.63. The van der Waals surface area contributed by atoms with Crippen LogP contribution in [0, 0.1) is 5.41 Å². The molecule has 3 N–H and O–H groups in total. The van der Waals surface area contributed by atoms with E-state index in [1.165, 1.54) is 0 Å². The third kappa shape index (κ3) is 2.78. The summed E-state index contributed by atoms with van der Waals surface area (Å²) in [6.45, 7) is 3.77. The molecule has 20 heavy (non-hydrogen) atoms. The van der Waals surface area contributed by atoms with Gasteiger partial charge in [-0.05, 0) is 44.5 Å². The second-order valence-electron chi connectivity index (χ2n) is 5.47. The molecule has 0 bridgehead atoms. The fourth-order valence-electron chi connectivity index (χ4n) is 2.55. The molecule has 1 atom stereocenters. The van der Waals surface area contributed by atoms with Gasteiger partial charge in [-0.2, -0.15) is 5.10 Å². The van der Waals surface area contributed by atoms with Gasteiger partial charge in [-0.3, -0.25) is 9.89 Å². The monoisotopic (exact) mass is 294 g/mol. The molecule has 1 unspecified atom stereocenters. The molecule has 1 aliphatic heterocycles. The van der Waals surface area contributed by atoms with Crippen LogP contribution < -0.4 is 10.6 Å². The number of benzene rings is 1. The van der Waals surface area contributed by atoms with Crippen molar-refractivity contribution in [2.24, 2.45) is 5.41 Å². The molecule has 0 spiro atoms. The summed E-state index contributed by atoms with van der Waals surface area (Å²) in [6, 6.07) is 5.77. The average Bonchev–Trinajstić information content (AvgIpc) is 2.87. The number of halogens is 1. The van der Waals surface area contributed by atoms with Crippen LogP contribution in [0.3, 0.4) is 0 Å². The highest BCUT2D eigenvalue weighted by Gasteiger charge is 2.34. The van der Waals surface area contributed by atoms with Gasteiger partial charge in [0.05, 0.1) is 17.1 Å². The number of nitrogens with zero attached hydrogens (tertiary/aromatic N) is 1. The summed E-state index contributed by atoms with van der Waals surface area (Å²) in [6.07, 6.45) is 3.74. The molecule has 2 aromatic rings. The molecule has 108 valence electrons. The number of carbonyl (C=O) groups excluding carboxylic acids is 1. The van der Waals surface area contributed by atoms with Crippen molar-refractivity contribution in [2.75, 3.05) is 18.4 Å². The lowest BCUT2D eigenvalue weighted by atomic mass is 9.82. The number of rotatable bonds is 2. The third-order valence-electron chi connectivity index (χ3n) is 3.84. The van der Waals surface area contributed by atoms with Crippen molar-refractivity contribution in [1.82, 2.24) is 15.5 Å². The normalized spacial score (nSPS) is 22.2. The lowest BCUT2D eigenvalue weighted by Crippen LogP contribution is -2.46. The zero-order chi connectivity index (χ0) is 13.3. The van der Waals surface area contributed by atoms with Crippen molar-refractivity contribution in [2.45, 2.75) is 19.8 Å². The Balaban J connectivity index is 0.00000147. The molecular formula is C14H19ClN4O. The number of fused-ring (bicyclic) bond motifs is 1. The van der Waals surface area contributed by atoms with E-state index in [-0.39, 0.29) is 23.7 Å². The minimum absolute atomic E-state index is 0. The largest absolute Gasteiger partial charge is 0.326 e. The first-order chi connectivity index (χ1) is 9.17. The van der Waals surface area contributed by atoms with E-state index in [0.717, 1.165) is 42.5 Å². The van der Waals surface area contributed by atoms with E-state index in [2.05, 4.69) is 20.8 Å². The molecule has 0 radical (unpaired) electrons. The van der Waals surface area contributed by atoms with Gasteiger partial charge in [0.15, 0.2) is 0 Å². The van der Waals surface area contributed by atoms with Crippen LogP contribution in [0.15, 0.2) is 24.4 Å². The SMILES string of the molecule is CC1(C(=O)Nc2ccc3[nH]ncc3c2)CCCNC1.Cl. The van der Waals surface area contributed by atoms with Crippen LogP contribution in [0.5, 0.6) is 0 Å². The van der Waals surface area contributed by atoms with E-state index in [9.17, 15) is 4.79 Å². The van der Waals surface area contributed by atoms with Gasteiger partial charge in [0.25, 0.3) is 0 Å². The van der Waals surface area contributed by atoms with Crippen molar-refractivity contribution in [3.63, 3.8) is 0 Å². The first kappa shape index (κ1) is 14.8. The van der Waals surface area contributed by atoms with E-state index in [4.69, 9.17) is 0 Å².